The van der Waals surface area contributed by atoms with E-state index in [-0.39, 0.29) is 5.25 Å². The lowest BCUT2D eigenvalue weighted by Crippen LogP contribution is -2.05. The number of H-pyrrole nitrogens is 1. The number of nitrogens with one attached hydrogen (secondary N) is 2. The van der Waals surface area contributed by atoms with Gasteiger partial charge in [0.2, 0.25) is 0 Å². The third-order valence-electron chi connectivity index (χ3n) is 4.26. The molecule has 1 atom stereocenters. The first-order chi connectivity index (χ1) is 11.9. The number of aromatic nitrogens is 4. The molecule has 0 bridgehead atoms. The number of thioether (sulfide) groups is 1. The Kier molecular flexibility index (Phi) is 4.07. The molecule has 7 nitrogen and oxygen atoms in total. The van der Waals surface area contributed by atoms with Crippen molar-refractivity contribution >= 4 is 33.2 Å². The van der Waals surface area contributed by atoms with Crippen LogP contribution in [-0.4, -0.2) is 34.8 Å². The van der Waals surface area contributed by atoms with E-state index in [2.05, 4.69) is 25.5 Å². The third-order valence-corrected chi connectivity index (χ3v) is 7.44. The SMILES string of the molecule is Cc1cnc(C2CC=C(S(C)(=O)=O)S2)nc1Nc1cc(C2CC2)[nH]n1. The summed E-state index contributed by atoms with van der Waals surface area (Å²) in [5, 5.41) is 10.5. The first-order valence-electron chi connectivity index (χ1n) is 8.13. The molecular weight excluding hydrogens is 358 g/mol. The third kappa shape index (κ3) is 3.57. The summed E-state index contributed by atoms with van der Waals surface area (Å²) < 4.78 is 23.8. The van der Waals surface area contributed by atoms with Crippen molar-refractivity contribution in [3.8, 4) is 0 Å². The van der Waals surface area contributed by atoms with Crippen molar-refractivity contribution in [3.63, 3.8) is 0 Å². The normalized spacial score (nSPS) is 20.6. The first-order valence-corrected chi connectivity index (χ1v) is 10.9. The highest BCUT2D eigenvalue weighted by Gasteiger charge is 2.28. The molecule has 0 spiro atoms. The molecule has 1 aliphatic carbocycles. The van der Waals surface area contributed by atoms with Crippen LogP contribution in [0.4, 0.5) is 11.6 Å². The van der Waals surface area contributed by atoms with Gasteiger partial charge in [-0.1, -0.05) is 6.08 Å². The quantitative estimate of drug-likeness (QED) is 0.825. The Morgan fingerprint density at radius 2 is 2.16 bits per heavy atom. The highest BCUT2D eigenvalue weighted by molar-refractivity contribution is 8.18. The molecule has 9 heteroatoms. The molecule has 25 heavy (non-hydrogen) atoms. The van der Waals surface area contributed by atoms with Gasteiger partial charge in [-0.3, -0.25) is 5.10 Å². The van der Waals surface area contributed by atoms with E-state index in [0.717, 1.165) is 17.1 Å². The topological polar surface area (TPSA) is 101 Å². The van der Waals surface area contributed by atoms with Crippen molar-refractivity contribution in [2.24, 2.45) is 0 Å². The molecule has 3 heterocycles. The van der Waals surface area contributed by atoms with Crippen LogP contribution in [0.15, 0.2) is 22.6 Å². The summed E-state index contributed by atoms with van der Waals surface area (Å²) in [7, 11) is -3.17. The number of aryl methyl sites for hydroxylation is 1. The van der Waals surface area contributed by atoms with E-state index in [0.29, 0.717) is 28.2 Å². The van der Waals surface area contributed by atoms with Gasteiger partial charge >= 0.3 is 0 Å². The molecule has 132 valence electrons. The summed E-state index contributed by atoms with van der Waals surface area (Å²) in [6, 6.07) is 2.02. The predicted molar refractivity (Wildman–Crippen MR) is 98.5 cm³/mol. The molecule has 2 aliphatic rings. The van der Waals surface area contributed by atoms with E-state index >= 15 is 0 Å². The van der Waals surface area contributed by atoms with Crippen molar-refractivity contribution in [3.05, 3.63) is 39.7 Å². The fourth-order valence-electron chi connectivity index (χ4n) is 2.70. The second kappa shape index (κ2) is 6.14. The molecule has 1 aliphatic heterocycles. The summed E-state index contributed by atoms with van der Waals surface area (Å²) in [5.74, 6) is 2.68. The number of sulfone groups is 1. The molecule has 1 fully saturated rings. The van der Waals surface area contributed by atoms with Gasteiger partial charge in [-0.15, -0.1) is 11.8 Å². The fraction of sp³-hybridized carbons (Fsp3) is 0.438. The van der Waals surface area contributed by atoms with Gasteiger partial charge in [0.1, 0.15) is 11.6 Å². The Labute approximate surface area is 150 Å². The molecule has 1 saturated carbocycles. The smallest absolute Gasteiger partial charge is 0.181 e. The maximum atomic E-state index is 11.7. The van der Waals surface area contributed by atoms with E-state index in [9.17, 15) is 8.42 Å². The first kappa shape index (κ1) is 16.6. The molecule has 1 unspecified atom stereocenters. The number of allylic oxidation sites excluding steroid dienone is 1. The van der Waals surface area contributed by atoms with Crippen LogP contribution in [0.25, 0.3) is 0 Å². The molecule has 4 rings (SSSR count). The standard InChI is InChI=1S/C16H19N5O2S2/c1-9-8-17-16(12-5-6-14(24-12)25(2,22)23)19-15(9)18-13-7-11(20-21-13)10-3-4-10/h6-8,10,12H,3-5H2,1-2H3,(H2,17,18,19,20,21). The summed E-state index contributed by atoms with van der Waals surface area (Å²) >= 11 is 1.31. The van der Waals surface area contributed by atoms with E-state index in [1.807, 2.05) is 13.0 Å². The molecule has 0 radical (unpaired) electrons. The van der Waals surface area contributed by atoms with Crippen molar-refractivity contribution in [1.29, 1.82) is 0 Å². The Morgan fingerprint density at radius 1 is 1.36 bits per heavy atom. The molecule has 2 N–H and O–H groups in total. The molecule has 0 aromatic carbocycles. The zero-order valence-corrected chi connectivity index (χ0v) is 15.6. The predicted octanol–water partition coefficient (Wildman–Crippen LogP) is 3.19. The van der Waals surface area contributed by atoms with E-state index in [1.165, 1.54) is 30.9 Å². The minimum absolute atomic E-state index is 0.0768. The number of nitrogens with zero attached hydrogens (tertiary/aromatic N) is 3. The lowest BCUT2D eigenvalue weighted by atomic mass is 10.2. The van der Waals surface area contributed by atoms with Gasteiger partial charge in [0.25, 0.3) is 0 Å². The van der Waals surface area contributed by atoms with Crippen LogP contribution >= 0.6 is 11.8 Å². The number of aromatic amines is 1. The summed E-state index contributed by atoms with van der Waals surface area (Å²) in [6.07, 6.45) is 7.78. The number of anilines is 2. The second-order valence-corrected chi connectivity index (χ2v) is 9.99. The van der Waals surface area contributed by atoms with Gasteiger partial charge in [-0.25, -0.2) is 18.4 Å². The van der Waals surface area contributed by atoms with Crippen LogP contribution in [0, 0.1) is 6.92 Å². The van der Waals surface area contributed by atoms with E-state index in [4.69, 9.17) is 0 Å². The average Bonchev–Trinajstić information content (AvgIpc) is 3.09. The zero-order chi connectivity index (χ0) is 17.6. The zero-order valence-electron chi connectivity index (χ0n) is 14.0. The lowest BCUT2D eigenvalue weighted by Gasteiger charge is -2.12. The van der Waals surface area contributed by atoms with Gasteiger partial charge < -0.3 is 5.32 Å². The Balaban J connectivity index is 1.52. The van der Waals surface area contributed by atoms with Gasteiger partial charge in [0.15, 0.2) is 15.7 Å². The lowest BCUT2D eigenvalue weighted by molar-refractivity contribution is 0.609. The maximum Gasteiger partial charge on any atom is 0.181 e. The maximum absolute atomic E-state index is 11.7. The van der Waals surface area contributed by atoms with Gasteiger partial charge in [-0.05, 0) is 26.2 Å². The van der Waals surface area contributed by atoms with Gasteiger partial charge in [0, 0.05) is 35.7 Å². The highest BCUT2D eigenvalue weighted by atomic mass is 32.3. The Bertz CT molecular complexity index is 947. The largest absolute Gasteiger partial charge is 0.323 e. The molecule has 0 amide bonds. The van der Waals surface area contributed by atoms with Gasteiger partial charge in [0.05, 0.1) is 9.49 Å². The number of hydrogen-bond donors (Lipinski definition) is 2. The Morgan fingerprint density at radius 3 is 2.84 bits per heavy atom. The van der Waals surface area contributed by atoms with Gasteiger partial charge in [-0.2, -0.15) is 5.10 Å². The molecule has 2 aromatic heterocycles. The Hall–Kier alpha value is -1.87. The van der Waals surface area contributed by atoms with E-state index in [1.54, 1.807) is 12.3 Å². The van der Waals surface area contributed by atoms with Crippen LogP contribution in [-0.2, 0) is 9.84 Å². The second-order valence-electron chi connectivity index (χ2n) is 6.51. The fourth-order valence-corrected chi connectivity index (χ4v) is 5.03. The number of rotatable bonds is 5. The minimum atomic E-state index is -3.17. The molecule has 2 aromatic rings. The van der Waals surface area contributed by atoms with E-state index < -0.39 is 9.84 Å². The summed E-state index contributed by atoms with van der Waals surface area (Å²) in [5.41, 5.74) is 2.07. The summed E-state index contributed by atoms with van der Waals surface area (Å²) in [6.45, 7) is 1.93. The average molecular weight is 377 g/mol. The number of hydrogen-bond acceptors (Lipinski definition) is 7. The van der Waals surface area contributed by atoms with Crippen LogP contribution < -0.4 is 5.32 Å². The molecular formula is C16H19N5O2S2. The minimum Gasteiger partial charge on any atom is -0.323 e. The van der Waals surface area contributed by atoms with Crippen molar-refractivity contribution in [2.75, 3.05) is 11.6 Å². The van der Waals surface area contributed by atoms with Crippen molar-refractivity contribution < 1.29 is 8.42 Å². The van der Waals surface area contributed by atoms with Crippen LogP contribution in [0.3, 0.4) is 0 Å². The van der Waals surface area contributed by atoms with Crippen LogP contribution in [0.2, 0.25) is 0 Å². The van der Waals surface area contributed by atoms with Crippen molar-refractivity contribution in [1.82, 2.24) is 20.2 Å². The highest BCUT2D eigenvalue weighted by Crippen LogP contribution is 2.44. The monoisotopic (exact) mass is 377 g/mol. The van der Waals surface area contributed by atoms with Crippen LogP contribution in [0.1, 0.15) is 47.5 Å². The van der Waals surface area contributed by atoms with Crippen molar-refractivity contribution in [2.45, 2.75) is 37.4 Å². The molecule has 0 saturated heterocycles. The summed E-state index contributed by atoms with van der Waals surface area (Å²) in [4.78, 5) is 9.00. The van der Waals surface area contributed by atoms with Crippen LogP contribution in [0.5, 0.6) is 0 Å².